The van der Waals surface area contributed by atoms with Crippen LogP contribution in [0, 0.1) is 17.2 Å². The minimum absolute atomic E-state index is 0.0189. The molecule has 3 rings (SSSR count). The molecule has 0 saturated carbocycles. The zero-order valence-corrected chi connectivity index (χ0v) is 23.3. The summed E-state index contributed by atoms with van der Waals surface area (Å²) < 4.78 is 10.9. The largest absolute Gasteiger partial charge is 0.489 e. The number of rotatable bonds is 16. The summed E-state index contributed by atoms with van der Waals surface area (Å²) in [5.41, 5.74) is 4.43. The monoisotopic (exact) mass is 520 g/mol. The number of unbranched alkanes of at least 4 members (excludes halogenated alkanes) is 1. The van der Waals surface area contributed by atoms with Crippen molar-refractivity contribution < 1.29 is 19.4 Å². The molecule has 6 heteroatoms. The van der Waals surface area contributed by atoms with Crippen molar-refractivity contribution >= 4 is 5.97 Å². The maximum Gasteiger partial charge on any atom is 0.305 e. The molecule has 0 fully saturated rings. The highest BCUT2D eigenvalue weighted by molar-refractivity contribution is 5.69. The van der Waals surface area contributed by atoms with Crippen LogP contribution in [0.2, 0.25) is 0 Å². The standard InChI is InChI=1S/C32H44N2O4/c1-4-32(5-2,20-25-17-26-12-8-9-13-27(26)18-25)34-22-29(35)23-38-30-19-24(15-16-28(30)21-33)11-7-10-14-31(36)37-6-3/h8-9,12-13,15-16,19,25,29,34-35H,4-7,10-11,14,17-18,20,22-23H2,1-3H3/t29-/m1/s1. The van der Waals surface area contributed by atoms with E-state index in [-0.39, 0.29) is 18.1 Å². The number of aliphatic hydroxyl groups excluding tert-OH is 1. The van der Waals surface area contributed by atoms with E-state index in [9.17, 15) is 15.2 Å². The molecule has 1 aliphatic rings. The molecular formula is C32H44N2O4. The van der Waals surface area contributed by atoms with Gasteiger partial charge < -0.3 is 19.9 Å². The Labute approximate surface area is 228 Å². The number of ether oxygens (including phenoxy) is 2. The van der Waals surface area contributed by atoms with E-state index in [1.165, 1.54) is 11.1 Å². The molecule has 0 bridgehead atoms. The molecule has 0 amide bonds. The first-order valence-electron chi connectivity index (χ1n) is 14.2. The van der Waals surface area contributed by atoms with E-state index in [4.69, 9.17) is 9.47 Å². The average molecular weight is 521 g/mol. The average Bonchev–Trinajstić information content (AvgIpc) is 3.34. The van der Waals surface area contributed by atoms with Crippen molar-refractivity contribution in [3.8, 4) is 11.8 Å². The molecule has 2 aromatic carbocycles. The van der Waals surface area contributed by atoms with Crippen LogP contribution in [0.15, 0.2) is 42.5 Å². The van der Waals surface area contributed by atoms with Gasteiger partial charge in [0.05, 0.1) is 12.2 Å². The number of carbonyl (C=O) groups is 1. The van der Waals surface area contributed by atoms with Gasteiger partial charge in [-0.1, -0.05) is 44.2 Å². The molecule has 0 saturated heterocycles. The summed E-state index contributed by atoms with van der Waals surface area (Å²) in [6.07, 6.45) is 7.45. The van der Waals surface area contributed by atoms with Gasteiger partial charge in [0.2, 0.25) is 0 Å². The number of carbonyl (C=O) groups excluding carboxylic acids is 1. The van der Waals surface area contributed by atoms with Crippen molar-refractivity contribution in [2.45, 2.75) is 90.2 Å². The molecule has 1 atom stereocenters. The maximum atomic E-state index is 11.5. The molecule has 38 heavy (non-hydrogen) atoms. The molecule has 206 valence electrons. The van der Waals surface area contributed by atoms with E-state index in [1.807, 2.05) is 19.1 Å². The number of hydrogen-bond donors (Lipinski definition) is 2. The fourth-order valence-corrected chi connectivity index (χ4v) is 5.55. The second kappa shape index (κ2) is 14.9. The molecule has 0 heterocycles. The molecule has 0 spiro atoms. The second-order valence-corrected chi connectivity index (χ2v) is 10.5. The van der Waals surface area contributed by atoms with Crippen LogP contribution in [-0.4, -0.2) is 42.5 Å². The predicted molar refractivity (Wildman–Crippen MR) is 150 cm³/mol. The van der Waals surface area contributed by atoms with Gasteiger partial charge in [-0.05, 0) is 93.0 Å². The quantitative estimate of drug-likeness (QED) is 0.223. The van der Waals surface area contributed by atoms with E-state index in [0.717, 1.165) is 56.9 Å². The van der Waals surface area contributed by atoms with Gasteiger partial charge in [-0.15, -0.1) is 0 Å². The molecular weight excluding hydrogens is 476 g/mol. The Morgan fingerprint density at radius 1 is 1.13 bits per heavy atom. The fraction of sp³-hybridized carbons (Fsp3) is 0.562. The van der Waals surface area contributed by atoms with Gasteiger partial charge in [0.15, 0.2) is 0 Å². The molecule has 1 aliphatic carbocycles. The van der Waals surface area contributed by atoms with E-state index in [1.54, 1.807) is 6.07 Å². The highest BCUT2D eigenvalue weighted by Crippen LogP contribution is 2.34. The third kappa shape index (κ3) is 8.58. The lowest BCUT2D eigenvalue weighted by Crippen LogP contribution is -2.49. The Hall–Kier alpha value is -2.88. The summed E-state index contributed by atoms with van der Waals surface area (Å²) in [4.78, 5) is 11.5. The maximum absolute atomic E-state index is 11.5. The first kappa shape index (κ1) is 29.7. The summed E-state index contributed by atoms with van der Waals surface area (Å²) in [7, 11) is 0. The van der Waals surface area contributed by atoms with Gasteiger partial charge in [0.25, 0.3) is 0 Å². The second-order valence-electron chi connectivity index (χ2n) is 10.5. The Morgan fingerprint density at radius 2 is 1.84 bits per heavy atom. The van der Waals surface area contributed by atoms with Crippen LogP contribution in [0.25, 0.3) is 0 Å². The Balaban J connectivity index is 1.49. The number of aliphatic hydroxyl groups is 1. The van der Waals surface area contributed by atoms with Crippen molar-refractivity contribution in [2.75, 3.05) is 19.8 Å². The van der Waals surface area contributed by atoms with Crippen molar-refractivity contribution in [1.29, 1.82) is 5.26 Å². The highest BCUT2D eigenvalue weighted by Gasteiger charge is 2.32. The third-order valence-corrected chi connectivity index (χ3v) is 7.88. The zero-order chi connectivity index (χ0) is 27.4. The normalized spacial score (nSPS) is 14.1. The number of esters is 1. The Morgan fingerprint density at radius 3 is 2.47 bits per heavy atom. The van der Waals surface area contributed by atoms with Crippen molar-refractivity contribution in [2.24, 2.45) is 5.92 Å². The van der Waals surface area contributed by atoms with Crippen LogP contribution >= 0.6 is 0 Å². The Kier molecular flexibility index (Phi) is 11.6. The topological polar surface area (TPSA) is 91.6 Å². The minimum atomic E-state index is -0.687. The van der Waals surface area contributed by atoms with Crippen LogP contribution < -0.4 is 10.1 Å². The van der Waals surface area contributed by atoms with Crippen LogP contribution in [0.1, 0.15) is 81.5 Å². The SMILES string of the molecule is CCOC(=O)CCCCc1ccc(C#N)c(OC[C@H](O)CNC(CC)(CC)CC2Cc3ccccc3C2)c1. The summed E-state index contributed by atoms with van der Waals surface area (Å²) in [5, 5.41) is 24.0. The Bertz CT molecular complexity index is 1050. The van der Waals surface area contributed by atoms with Crippen molar-refractivity contribution in [3.63, 3.8) is 0 Å². The van der Waals surface area contributed by atoms with Gasteiger partial charge >= 0.3 is 5.97 Å². The first-order chi connectivity index (χ1) is 18.4. The highest BCUT2D eigenvalue weighted by atomic mass is 16.5. The van der Waals surface area contributed by atoms with Crippen LogP contribution in [0.3, 0.4) is 0 Å². The number of nitriles is 1. The lowest BCUT2D eigenvalue weighted by atomic mass is 9.81. The number of nitrogens with one attached hydrogen (secondary N) is 1. The van der Waals surface area contributed by atoms with Crippen LogP contribution in [-0.2, 0) is 28.8 Å². The fourth-order valence-electron chi connectivity index (χ4n) is 5.55. The molecule has 6 nitrogen and oxygen atoms in total. The van der Waals surface area contributed by atoms with Crippen LogP contribution in [0.5, 0.6) is 5.75 Å². The van der Waals surface area contributed by atoms with E-state index in [0.29, 0.717) is 36.8 Å². The van der Waals surface area contributed by atoms with E-state index >= 15 is 0 Å². The number of benzene rings is 2. The van der Waals surface area contributed by atoms with E-state index < -0.39 is 6.10 Å². The van der Waals surface area contributed by atoms with Gasteiger partial charge in [0, 0.05) is 18.5 Å². The van der Waals surface area contributed by atoms with Crippen LogP contribution in [0.4, 0.5) is 0 Å². The summed E-state index contributed by atoms with van der Waals surface area (Å²) in [6, 6.07) is 16.5. The smallest absolute Gasteiger partial charge is 0.305 e. The number of β-amino-alcohol motifs (C(OH)–C–C–N with tert-alkyl or cyclic N) is 1. The summed E-state index contributed by atoms with van der Waals surface area (Å²) >= 11 is 0. The molecule has 2 aromatic rings. The first-order valence-corrected chi connectivity index (χ1v) is 14.2. The minimum Gasteiger partial charge on any atom is -0.489 e. The molecule has 0 aliphatic heterocycles. The molecule has 0 unspecified atom stereocenters. The molecule has 0 radical (unpaired) electrons. The lowest BCUT2D eigenvalue weighted by Gasteiger charge is -2.36. The van der Waals surface area contributed by atoms with Crippen molar-refractivity contribution in [3.05, 3.63) is 64.7 Å². The zero-order valence-electron chi connectivity index (χ0n) is 23.3. The summed E-state index contributed by atoms with van der Waals surface area (Å²) in [6.45, 7) is 7.22. The van der Waals surface area contributed by atoms with Gasteiger partial charge in [-0.25, -0.2) is 0 Å². The third-order valence-electron chi connectivity index (χ3n) is 7.88. The molecule has 0 aromatic heterocycles. The summed E-state index contributed by atoms with van der Waals surface area (Å²) in [5.74, 6) is 0.948. The molecule has 2 N–H and O–H groups in total. The number of nitrogens with zero attached hydrogens (tertiary/aromatic N) is 1. The van der Waals surface area contributed by atoms with Gasteiger partial charge in [0.1, 0.15) is 24.5 Å². The number of fused-ring (bicyclic) bond motifs is 1. The van der Waals surface area contributed by atoms with E-state index in [2.05, 4.69) is 49.5 Å². The van der Waals surface area contributed by atoms with Gasteiger partial charge in [-0.2, -0.15) is 5.26 Å². The van der Waals surface area contributed by atoms with Gasteiger partial charge in [-0.3, -0.25) is 4.79 Å². The van der Waals surface area contributed by atoms with Crippen molar-refractivity contribution in [1.82, 2.24) is 5.32 Å². The predicted octanol–water partition coefficient (Wildman–Crippen LogP) is 5.53. The number of hydrogen-bond acceptors (Lipinski definition) is 6. The number of aryl methyl sites for hydroxylation is 1. The lowest BCUT2D eigenvalue weighted by molar-refractivity contribution is -0.143.